The normalized spacial score (nSPS) is 15.5. The Hall–Kier alpha value is -3.02. The standard InChI is InChI=1S/C20H21NO5/c1-25-18-11-15(20(23)24)7-6-13(18)8-9-21-19(22)16-10-14-4-2-3-5-17(14)26-12-16/h2-7,11,16H,8-10,12H2,1H3,(H,21,22)(H,23,24). The molecule has 1 heterocycles. The molecule has 0 saturated heterocycles. The van der Waals surface area contributed by atoms with Crippen LogP contribution in [0.4, 0.5) is 0 Å². The van der Waals surface area contributed by atoms with E-state index >= 15 is 0 Å². The summed E-state index contributed by atoms with van der Waals surface area (Å²) in [5, 5.41) is 12.0. The second kappa shape index (κ2) is 7.91. The molecular formula is C20H21NO5. The lowest BCUT2D eigenvalue weighted by molar-refractivity contribution is -0.126. The van der Waals surface area contributed by atoms with Gasteiger partial charge in [0.1, 0.15) is 18.1 Å². The molecule has 2 aromatic carbocycles. The highest BCUT2D eigenvalue weighted by Gasteiger charge is 2.25. The molecule has 0 saturated carbocycles. The van der Waals surface area contributed by atoms with Crippen molar-refractivity contribution in [1.29, 1.82) is 0 Å². The molecule has 136 valence electrons. The number of methoxy groups -OCH3 is 1. The lowest BCUT2D eigenvalue weighted by Gasteiger charge is -2.24. The van der Waals surface area contributed by atoms with Crippen molar-refractivity contribution < 1.29 is 24.2 Å². The molecule has 0 spiro atoms. The molecule has 0 aromatic heterocycles. The van der Waals surface area contributed by atoms with Crippen LogP contribution in [0.5, 0.6) is 11.5 Å². The smallest absolute Gasteiger partial charge is 0.335 e. The zero-order valence-electron chi connectivity index (χ0n) is 14.5. The zero-order chi connectivity index (χ0) is 18.5. The maximum absolute atomic E-state index is 12.4. The van der Waals surface area contributed by atoms with E-state index in [4.69, 9.17) is 14.6 Å². The summed E-state index contributed by atoms with van der Waals surface area (Å²) in [5.74, 6) is 0.108. The lowest BCUT2D eigenvalue weighted by Crippen LogP contribution is -2.38. The van der Waals surface area contributed by atoms with Gasteiger partial charge in [0.25, 0.3) is 0 Å². The second-order valence-electron chi connectivity index (χ2n) is 6.19. The first-order chi connectivity index (χ1) is 12.6. The third kappa shape index (κ3) is 3.96. The van der Waals surface area contributed by atoms with E-state index in [0.29, 0.717) is 31.7 Å². The molecule has 3 rings (SSSR count). The van der Waals surface area contributed by atoms with E-state index in [0.717, 1.165) is 16.9 Å². The Balaban J connectivity index is 1.55. The molecule has 2 aromatic rings. The van der Waals surface area contributed by atoms with Crippen molar-refractivity contribution in [2.45, 2.75) is 12.8 Å². The van der Waals surface area contributed by atoms with Gasteiger partial charge in [0, 0.05) is 6.54 Å². The van der Waals surface area contributed by atoms with Crippen LogP contribution in [-0.4, -0.2) is 37.2 Å². The number of carbonyl (C=O) groups excluding carboxylic acids is 1. The number of hydrogen-bond donors (Lipinski definition) is 2. The van der Waals surface area contributed by atoms with Crippen LogP contribution in [-0.2, 0) is 17.6 Å². The third-order valence-electron chi connectivity index (χ3n) is 4.48. The summed E-state index contributed by atoms with van der Waals surface area (Å²) in [6.45, 7) is 0.819. The Labute approximate surface area is 151 Å². The predicted octanol–water partition coefficient (Wildman–Crippen LogP) is 2.30. The summed E-state index contributed by atoms with van der Waals surface area (Å²) >= 11 is 0. The van der Waals surface area contributed by atoms with E-state index < -0.39 is 5.97 Å². The van der Waals surface area contributed by atoms with Crippen LogP contribution in [0.3, 0.4) is 0 Å². The van der Waals surface area contributed by atoms with Gasteiger partial charge in [-0.15, -0.1) is 0 Å². The van der Waals surface area contributed by atoms with E-state index in [2.05, 4.69) is 5.32 Å². The van der Waals surface area contributed by atoms with Gasteiger partial charge in [-0.1, -0.05) is 24.3 Å². The summed E-state index contributed by atoms with van der Waals surface area (Å²) in [6.07, 6.45) is 1.22. The van der Waals surface area contributed by atoms with Gasteiger partial charge in [-0.05, 0) is 42.2 Å². The number of carboxylic acid groups (broad SMARTS) is 1. The Kier molecular flexibility index (Phi) is 5.41. The fourth-order valence-electron chi connectivity index (χ4n) is 3.05. The van der Waals surface area contributed by atoms with Gasteiger partial charge in [-0.2, -0.15) is 0 Å². The van der Waals surface area contributed by atoms with Crippen LogP contribution in [0.2, 0.25) is 0 Å². The van der Waals surface area contributed by atoms with Gasteiger partial charge in [-0.3, -0.25) is 4.79 Å². The first kappa shape index (κ1) is 17.8. The Morgan fingerprint density at radius 2 is 2.08 bits per heavy atom. The number of ether oxygens (including phenoxy) is 2. The van der Waals surface area contributed by atoms with Crippen molar-refractivity contribution in [1.82, 2.24) is 5.32 Å². The lowest BCUT2D eigenvalue weighted by atomic mass is 9.96. The summed E-state index contributed by atoms with van der Waals surface area (Å²) in [5.41, 5.74) is 2.07. The van der Waals surface area contributed by atoms with Crippen LogP contribution in [0.1, 0.15) is 21.5 Å². The van der Waals surface area contributed by atoms with E-state index in [9.17, 15) is 9.59 Å². The van der Waals surface area contributed by atoms with Gasteiger partial charge in [0.2, 0.25) is 5.91 Å². The highest BCUT2D eigenvalue weighted by molar-refractivity contribution is 5.88. The predicted molar refractivity (Wildman–Crippen MR) is 95.8 cm³/mol. The van der Waals surface area contributed by atoms with Crippen LogP contribution in [0, 0.1) is 5.92 Å². The Morgan fingerprint density at radius 1 is 1.27 bits per heavy atom. The molecule has 1 aliphatic rings. The zero-order valence-corrected chi connectivity index (χ0v) is 14.5. The van der Waals surface area contributed by atoms with Gasteiger partial charge in [0.05, 0.1) is 18.6 Å². The minimum atomic E-state index is -0.999. The fraction of sp³-hybridized carbons (Fsp3) is 0.300. The van der Waals surface area contributed by atoms with E-state index in [1.54, 1.807) is 6.07 Å². The van der Waals surface area contributed by atoms with Crippen LogP contribution >= 0.6 is 0 Å². The van der Waals surface area contributed by atoms with Gasteiger partial charge in [-0.25, -0.2) is 4.79 Å². The van der Waals surface area contributed by atoms with Gasteiger partial charge in [0.15, 0.2) is 0 Å². The second-order valence-corrected chi connectivity index (χ2v) is 6.19. The molecule has 1 unspecified atom stereocenters. The molecule has 6 nitrogen and oxygen atoms in total. The quantitative estimate of drug-likeness (QED) is 0.831. The number of aromatic carboxylic acids is 1. The van der Waals surface area contributed by atoms with Crippen molar-refractivity contribution in [2.75, 3.05) is 20.3 Å². The molecule has 0 aliphatic carbocycles. The summed E-state index contributed by atoms with van der Waals surface area (Å²) in [7, 11) is 1.50. The number of benzene rings is 2. The maximum atomic E-state index is 12.4. The molecular weight excluding hydrogens is 334 g/mol. The number of carbonyl (C=O) groups is 2. The summed E-state index contributed by atoms with van der Waals surface area (Å²) in [4.78, 5) is 23.4. The number of hydrogen-bond acceptors (Lipinski definition) is 4. The Bertz CT molecular complexity index is 818. The van der Waals surface area contributed by atoms with E-state index in [1.165, 1.54) is 19.2 Å². The number of para-hydroxylation sites is 1. The summed E-state index contributed by atoms with van der Waals surface area (Å²) in [6, 6.07) is 12.5. The number of rotatable bonds is 6. The van der Waals surface area contributed by atoms with Gasteiger partial charge >= 0.3 is 5.97 Å². The third-order valence-corrected chi connectivity index (χ3v) is 4.48. The largest absolute Gasteiger partial charge is 0.496 e. The van der Waals surface area contributed by atoms with Crippen LogP contribution in [0.25, 0.3) is 0 Å². The maximum Gasteiger partial charge on any atom is 0.335 e. The first-order valence-electron chi connectivity index (χ1n) is 8.47. The number of fused-ring (bicyclic) bond motifs is 1. The van der Waals surface area contributed by atoms with Crippen molar-refractivity contribution >= 4 is 11.9 Å². The van der Waals surface area contributed by atoms with Crippen molar-refractivity contribution in [2.24, 2.45) is 5.92 Å². The van der Waals surface area contributed by atoms with Crippen molar-refractivity contribution in [3.05, 3.63) is 59.2 Å². The average Bonchev–Trinajstić information content (AvgIpc) is 2.67. The number of amides is 1. The monoisotopic (exact) mass is 355 g/mol. The minimum absolute atomic E-state index is 0.0411. The van der Waals surface area contributed by atoms with E-state index in [1.807, 2.05) is 24.3 Å². The number of nitrogens with one attached hydrogen (secondary N) is 1. The van der Waals surface area contributed by atoms with Crippen molar-refractivity contribution in [3.63, 3.8) is 0 Å². The molecule has 6 heteroatoms. The molecule has 0 fully saturated rings. The topological polar surface area (TPSA) is 84.9 Å². The van der Waals surface area contributed by atoms with Crippen molar-refractivity contribution in [3.8, 4) is 11.5 Å². The van der Waals surface area contributed by atoms with Crippen LogP contribution < -0.4 is 14.8 Å². The van der Waals surface area contributed by atoms with Gasteiger partial charge < -0.3 is 19.9 Å². The number of carboxylic acids is 1. The molecule has 26 heavy (non-hydrogen) atoms. The molecule has 2 N–H and O–H groups in total. The highest BCUT2D eigenvalue weighted by Crippen LogP contribution is 2.27. The molecule has 1 amide bonds. The molecule has 1 atom stereocenters. The van der Waals surface area contributed by atoms with Crippen LogP contribution in [0.15, 0.2) is 42.5 Å². The highest BCUT2D eigenvalue weighted by atomic mass is 16.5. The van der Waals surface area contributed by atoms with E-state index in [-0.39, 0.29) is 17.4 Å². The molecule has 0 bridgehead atoms. The molecule has 1 aliphatic heterocycles. The SMILES string of the molecule is COc1cc(C(=O)O)ccc1CCNC(=O)C1COc2ccccc2C1. The fourth-order valence-corrected chi connectivity index (χ4v) is 3.05. The Morgan fingerprint density at radius 3 is 2.85 bits per heavy atom. The average molecular weight is 355 g/mol. The molecule has 0 radical (unpaired) electrons. The minimum Gasteiger partial charge on any atom is -0.496 e. The first-order valence-corrected chi connectivity index (χ1v) is 8.47. The summed E-state index contributed by atoms with van der Waals surface area (Å²) < 4.78 is 10.9.